The number of aliphatic carboxylic acids is 1. The van der Waals surface area contributed by atoms with Crippen molar-refractivity contribution in [3.05, 3.63) is 17.7 Å². The minimum atomic E-state index is -1.01. The van der Waals surface area contributed by atoms with Gasteiger partial charge in [0, 0.05) is 6.42 Å². The molecule has 0 saturated carbocycles. The molecule has 7 heteroatoms. The summed E-state index contributed by atoms with van der Waals surface area (Å²) in [6.45, 7) is 1.51. The van der Waals surface area contributed by atoms with Gasteiger partial charge in [-0.2, -0.15) is 0 Å². The van der Waals surface area contributed by atoms with Gasteiger partial charge in [0.15, 0.2) is 5.78 Å². The highest BCUT2D eigenvalue weighted by Gasteiger charge is 2.36. The fourth-order valence-corrected chi connectivity index (χ4v) is 2.78. The summed E-state index contributed by atoms with van der Waals surface area (Å²) in [7, 11) is 8.14. The lowest BCUT2D eigenvalue weighted by Crippen LogP contribution is -2.36. The summed E-state index contributed by atoms with van der Waals surface area (Å²) in [5, 5.41) is 9.05. The molecule has 1 aromatic carbocycles. The van der Waals surface area contributed by atoms with Gasteiger partial charge in [-0.1, -0.05) is 0 Å². The van der Waals surface area contributed by atoms with Gasteiger partial charge in [0.2, 0.25) is 0 Å². The fraction of sp³-hybridized carbons (Fsp3) is 0.385. The standard InChI is InChI=1S/C13H13ClO5S/c1-6(13(16)17)9-5-7(15)11-8(18-2)3-4-10(20-14)12(11)19-9/h3-4,6,9H,5H2,1-2H3,(H,16,17). The molecule has 0 aromatic heterocycles. The Morgan fingerprint density at radius 2 is 2.30 bits per heavy atom. The lowest BCUT2D eigenvalue weighted by atomic mass is 9.93. The largest absolute Gasteiger partial charge is 0.496 e. The molecule has 20 heavy (non-hydrogen) atoms. The number of hydrogen-bond acceptors (Lipinski definition) is 5. The number of rotatable bonds is 4. The number of ether oxygens (including phenoxy) is 2. The quantitative estimate of drug-likeness (QED) is 0.920. The van der Waals surface area contributed by atoms with Gasteiger partial charge in [-0.05, 0) is 40.7 Å². The van der Waals surface area contributed by atoms with E-state index in [4.69, 9.17) is 25.3 Å². The van der Waals surface area contributed by atoms with E-state index < -0.39 is 18.0 Å². The van der Waals surface area contributed by atoms with Crippen LogP contribution in [0.1, 0.15) is 23.7 Å². The van der Waals surface area contributed by atoms with Crippen LogP contribution >= 0.6 is 21.7 Å². The third-order valence-electron chi connectivity index (χ3n) is 3.27. The molecule has 2 rings (SSSR count). The third kappa shape index (κ3) is 2.58. The highest BCUT2D eigenvalue weighted by molar-refractivity contribution is 8.21. The lowest BCUT2D eigenvalue weighted by Gasteiger charge is -2.29. The predicted molar refractivity (Wildman–Crippen MR) is 74.9 cm³/mol. The van der Waals surface area contributed by atoms with E-state index in [1.54, 1.807) is 12.1 Å². The number of carboxylic acids is 1. The SMILES string of the molecule is COc1ccc(SCl)c2c1C(=O)CC(C(C)C(=O)O)O2. The molecule has 2 unspecified atom stereocenters. The molecule has 0 amide bonds. The van der Waals surface area contributed by atoms with Crippen molar-refractivity contribution in [2.24, 2.45) is 5.92 Å². The van der Waals surface area contributed by atoms with Crippen LogP contribution in [0.4, 0.5) is 0 Å². The second-order valence-corrected chi connectivity index (χ2v) is 5.51. The van der Waals surface area contributed by atoms with Gasteiger partial charge in [-0.25, -0.2) is 0 Å². The first-order chi connectivity index (χ1) is 9.49. The molecule has 0 fully saturated rings. The first-order valence-electron chi connectivity index (χ1n) is 5.91. The second kappa shape index (κ2) is 5.93. The number of halogens is 1. The summed E-state index contributed by atoms with van der Waals surface area (Å²) >= 11 is 0. The van der Waals surface area contributed by atoms with Gasteiger partial charge < -0.3 is 14.6 Å². The van der Waals surface area contributed by atoms with Crippen molar-refractivity contribution in [3.63, 3.8) is 0 Å². The number of fused-ring (bicyclic) bond motifs is 1. The van der Waals surface area contributed by atoms with Crippen molar-refractivity contribution in [1.29, 1.82) is 0 Å². The van der Waals surface area contributed by atoms with Crippen LogP contribution in [0.25, 0.3) is 0 Å². The molecule has 1 aliphatic heterocycles. The van der Waals surface area contributed by atoms with E-state index in [2.05, 4.69) is 0 Å². The first kappa shape index (κ1) is 15.0. The summed E-state index contributed by atoms with van der Waals surface area (Å²) in [5.41, 5.74) is 0.326. The molecule has 0 aliphatic carbocycles. The van der Waals surface area contributed by atoms with E-state index in [0.29, 0.717) is 22.0 Å². The molecule has 0 spiro atoms. The van der Waals surface area contributed by atoms with Gasteiger partial charge >= 0.3 is 5.97 Å². The zero-order valence-corrected chi connectivity index (χ0v) is 12.5. The molecular weight excluding hydrogens is 304 g/mol. The van der Waals surface area contributed by atoms with Crippen LogP contribution in [0.5, 0.6) is 11.5 Å². The maximum absolute atomic E-state index is 12.3. The zero-order valence-electron chi connectivity index (χ0n) is 10.9. The highest BCUT2D eigenvalue weighted by Crippen LogP contribution is 2.44. The van der Waals surface area contributed by atoms with Crippen molar-refractivity contribution in [1.82, 2.24) is 0 Å². The Balaban J connectivity index is 2.48. The van der Waals surface area contributed by atoms with Gasteiger partial charge in [0.25, 0.3) is 0 Å². The molecule has 1 aliphatic rings. The number of carboxylic acid groups (broad SMARTS) is 1. The highest BCUT2D eigenvalue weighted by atomic mass is 35.7. The maximum atomic E-state index is 12.3. The Morgan fingerprint density at radius 3 is 2.85 bits per heavy atom. The van der Waals surface area contributed by atoms with Crippen molar-refractivity contribution in [2.75, 3.05) is 7.11 Å². The maximum Gasteiger partial charge on any atom is 0.309 e. The number of Topliss-reactive ketones (excluding diaryl/α,β-unsaturated/α-hetero) is 1. The van der Waals surface area contributed by atoms with Gasteiger partial charge in [0.05, 0.1) is 17.9 Å². The average molecular weight is 317 g/mol. The van der Waals surface area contributed by atoms with Crippen LogP contribution in [0, 0.1) is 5.92 Å². The van der Waals surface area contributed by atoms with Crippen LogP contribution in [0.2, 0.25) is 0 Å². The van der Waals surface area contributed by atoms with Gasteiger partial charge in [-0.15, -0.1) is 0 Å². The van der Waals surface area contributed by atoms with E-state index >= 15 is 0 Å². The number of hydrogen-bond donors (Lipinski definition) is 1. The number of carbonyl (C=O) groups is 2. The predicted octanol–water partition coefficient (Wildman–Crippen LogP) is 3.00. The normalized spacial score (nSPS) is 18.9. The van der Waals surface area contributed by atoms with Crippen LogP contribution in [0.3, 0.4) is 0 Å². The average Bonchev–Trinajstić information content (AvgIpc) is 2.44. The van der Waals surface area contributed by atoms with E-state index in [9.17, 15) is 9.59 Å². The van der Waals surface area contributed by atoms with E-state index in [-0.39, 0.29) is 12.2 Å². The number of benzene rings is 1. The molecule has 1 aromatic rings. The number of methoxy groups -OCH3 is 1. The summed E-state index contributed by atoms with van der Waals surface area (Å²) in [6, 6.07) is 3.32. The van der Waals surface area contributed by atoms with E-state index in [1.165, 1.54) is 14.0 Å². The Kier molecular flexibility index (Phi) is 4.45. The molecule has 2 atom stereocenters. The summed E-state index contributed by atoms with van der Waals surface area (Å²) in [6.07, 6.45) is -0.699. The number of carbonyl (C=O) groups excluding carboxylic acids is 1. The van der Waals surface area contributed by atoms with Crippen LogP contribution < -0.4 is 9.47 Å². The molecular formula is C13H13ClO5S. The minimum Gasteiger partial charge on any atom is -0.496 e. The summed E-state index contributed by atoms with van der Waals surface area (Å²) in [4.78, 5) is 23.9. The molecule has 1 heterocycles. The van der Waals surface area contributed by atoms with Gasteiger partial charge in [0.1, 0.15) is 23.2 Å². The van der Waals surface area contributed by atoms with Crippen molar-refractivity contribution >= 4 is 33.4 Å². The Bertz CT molecular complexity index is 560. The number of ketones is 1. The summed E-state index contributed by atoms with van der Waals surface area (Å²) in [5.74, 6) is -1.28. The van der Waals surface area contributed by atoms with E-state index in [0.717, 1.165) is 11.0 Å². The smallest absolute Gasteiger partial charge is 0.309 e. The summed E-state index contributed by atoms with van der Waals surface area (Å²) < 4.78 is 10.9. The van der Waals surface area contributed by atoms with Crippen molar-refractivity contribution in [2.45, 2.75) is 24.3 Å². The van der Waals surface area contributed by atoms with Crippen molar-refractivity contribution < 1.29 is 24.2 Å². The Morgan fingerprint density at radius 1 is 1.60 bits per heavy atom. The lowest BCUT2D eigenvalue weighted by molar-refractivity contribution is -0.144. The Hall–Kier alpha value is -1.40. The fourth-order valence-electron chi connectivity index (χ4n) is 2.07. The molecule has 0 saturated heterocycles. The van der Waals surface area contributed by atoms with Crippen LogP contribution in [-0.2, 0) is 4.79 Å². The molecule has 0 radical (unpaired) electrons. The van der Waals surface area contributed by atoms with Gasteiger partial charge in [-0.3, -0.25) is 9.59 Å². The van der Waals surface area contributed by atoms with Crippen LogP contribution in [-0.4, -0.2) is 30.1 Å². The topological polar surface area (TPSA) is 72.8 Å². The molecule has 5 nitrogen and oxygen atoms in total. The minimum absolute atomic E-state index is 0.00717. The van der Waals surface area contributed by atoms with Crippen LogP contribution in [0.15, 0.2) is 17.0 Å². The molecule has 1 N–H and O–H groups in total. The third-order valence-corrected chi connectivity index (χ3v) is 4.25. The Labute approximate surface area is 124 Å². The second-order valence-electron chi connectivity index (χ2n) is 4.46. The van der Waals surface area contributed by atoms with E-state index in [1.807, 2.05) is 0 Å². The monoisotopic (exact) mass is 316 g/mol. The zero-order chi connectivity index (χ0) is 14.9. The van der Waals surface area contributed by atoms with Crippen molar-refractivity contribution in [3.8, 4) is 11.5 Å². The molecule has 0 bridgehead atoms. The molecule has 108 valence electrons. The first-order valence-corrected chi connectivity index (χ1v) is 7.56.